The Bertz CT molecular complexity index is 352. The highest BCUT2D eigenvalue weighted by Gasteiger charge is 2.13. The summed E-state index contributed by atoms with van der Waals surface area (Å²) >= 11 is 0. The summed E-state index contributed by atoms with van der Waals surface area (Å²) in [6.45, 7) is -0.107. The lowest BCUT2D eigenvalue weighted by Crippen LogP contribution is -2.24. The van der Waals surface area contributed by atoms with Crippen LogP contribution >= 0.6 is 0 Å². The zero-order chi connectivity index (χ0) is 9.84. The van der Waals surface area contributed by atoms with E-state index < -0.39 is 12.1 Å². The maximum atomic E-state index is 10.2. The van der Waals surface area contributed by atoms with Crippen LogP contribution in [0.15, 0.2) is 12.5 Å². The SMILES string of the molecule is N#Cc1cn(C[C@@H](O)C(=O)O)cn1. The van der Waals surface area contributed by atoms with E-state index in [0.717, 1.165) is 0 Å². The number of carboxylic acid groups (broad SMARTS) is 1. The van der Waals surface area contributed by atoms with Crippen LogP contribution in [0.3, 0.4) is 0 Å². The van der Waals surface area contributed by atoms with E-state index in [-0.39, 0.29) is 12.2 Å². The van der Waals surface area contributed by atoms with Crippen molar-refractivity contribution >= 4 is 5.97 Å². The van der Waals surface area contributed by atoms with E-state index in [2.05, 4.69) is 4.98 Å². The van der Waals surface area contributed by atoms with Crippen molar-refractivity contribution in [1.82, 2.24) is 9.55 Å². The standard InChI is InChI=1S/C7H7N3O3/c8-1-5-2-10(4-9-5)3-6(11)7(12)13/h2,4,6,11H,3H2,(H,12,13)/t6-/m1/s1. The largest absolute Gasteiger partial charge is 0.479 e. The first kappa shape index (κ1) is 9.22. The quantitative estimate of drug-likeness (QED) is 0.636. The number of carbonyl (C=O) groups is 1. The molecule has 13 heavy (non-hydrogen) atoms. The Morgan fingerprint density at radius 1 is 1.85 bits per heavy atom. The van der Waals surface area contributed by atoms with E-state index in [4.69, 9.17) is 15.5 Å². The number of aliphatic hydroxyl groups excluding tert-OH is 1. The third-order valence-corrected chi connectivity index (χ3v) is 1.42. The van der Waals surface area contributed by atoms with E-state index in [1.54, 1.807) is 6.07 Å². The van der Waals surface area contributed by atoms with Crippen molar-refractivity contribution in [3.05, 3.63) is 18.2 Å². The maximum Gasteiger partial charge on any atom is 0.334 e. The maximum absolute atomic E-state index is 10.2. The van der Waals surface area contributed by atoms with Crippen molar-refractivity contribution in [1.29, 1.82) is 5.26 Å². The first-order valence-electron chi connectivity index (χ1n) is 3.46. The molecule has 0 aliphatic heterocycles. The summed E-state index contributed by atoms with van der Waals surface area (Å²) in [5, 5.41) is 25.7. The molecule has 2 N–H and O–H groups in total. The first-order chi connectivity index (χ1) is 6.13. The zero-order valence-electron chi connectivity index (χ0n) is 6.58. The predicted molar refractivity (Wildman–Crippen MR) is 40.6 cm³/mol. The second-order valence-electron chi connectivity index (χ2n) is 2.42. The molecule has 1 aromatic rings. The van der Waals surface area contributed by atoms with Crippen LogP contribution < -0.4 is 0 Å². The van der Waals surface area contributed by atoms with Crippen LogP contribution in [0, 0.1) is 11.3 Å². The average molecular weight is 181 g/mol. The van der Waals surface area contributed by atoms with E-state index in [1.807, 2.05) is 0 Å². The van der Waals surface area contributed by atoms with Gasteiger partial charge in [0.1, 0.15) is 6.07 Å². The summed E-state index contributed by atoms with van der Waals surface area (Å²) in [6.07, 6.45) is 1.19. The Morgan fingerprint density at radius 3 is 3.00 bits per heavy atom. The number of rotatable bonds is 3. The number of hydrogen-bond acceptors (Lipinski definition) is 4. The summed E-state index contributed by atoms with van der Waals surface area (Å²) in [5.74, 6) is -1.30. The van der Waals surface area contributed by atoms with Gasteiger partial charge in [-0.05, 0) is 0 Å². The summed E-state index contributed by atoms with van der Waals surface area (Å²) in [4.78, 5) is 13.9. The van der Waals surface area contributed by atoms with Gasteiger partial charge < -0.3 is 14.8 Å². The van der Waals surface area contributed by atoms with Crippen LogP contribution in [0.25, 0.3) is 0 Å². The lowest BCUT2D eigenvalue weighted by atomic mass is 10.3. The molecule has 1 atom stereocenters. The van der Waals surface area contributed by atoms with Crippen LogP contribution in [0.4, 0.5) is 0 Å². The molecule has 6 nitrogen and oxygen atoms in total. The van der Waals surface area contributed by atoms with Crippen LogP contribution in [0.1, 0.15) is 5.69 Å². The Labute approximate surface area is 73.7 Å². The molecule has 0 saturated heterocycles. The van der Waals surface area contributed by atoms with Crippen molar-refractivity contribution in [3.63, 3.8) is 0 Å². The number of imidazole rings is 1. The molecule has 1 rings (SSSR count). The van der Waals surface area contributed by atoms with E-state index >= 15 is 0 Å². The Hall–Kier alpha value is -1.87. The molecule has 0 amide bonds. The van der Waals surface area contributed by atoms with Gasteiger partial charge in [-0.1, -0.05) is 0 Å². The average Bonchev–Trinajstić information content (AvgIpc) is 2.52. The minimum atomic E-state index is -1.47. The van der Waals surface area contributed by atoms with Gasteiger partial charge in [0, 0.05) is 6.20 Å². The van der Waals surface area contributed by atoms with Gasteiger partial charge in [-0.2, -0.15) is 5.26 Å². The molecule has 1 aromatic heterocycles. The highest BCUT2D eigenvalue weighted by atomic mass is 16.4. The molecule has 0 unspecified atom stereocenters. The number of nitrogens with zero attached hydrogens (tertiary/aromatic N) is 3. The highest BCUT2D eigenvalue weighted by molar-refractivity contribution is 5.71. The van der Waals surface area contributed by atoms with Gasteiger partial charge >= 0.3 is 5.97 Å². The summed E-state index contributed by atoms with van der Waals surface area (Å²) in [6, 6.07) is 1.79. The van der Waals surface area contributed by atoms with Crippen LogP contribution in [0.5, 0.6) is 0 Å². The minimum absolute atomic E-state index is 0.107. The number of aromatic nitrogens is 2. The number of hydrogen-bond donors (Lipinski definition) is 2. The van der Waals surface area contributed by atoms with Gasteiger partial charge in [0.25, 0.3) is 0 Å². The molecular formula is C7H7N3O3. The van der Waals surface area contributed by atoms with Gasteiger partial charge in [-0.25, -0.2) is 9.78 Å². The molecule has 0 bridgehead atoms. The van der Waals surface area contributed by atoms with Gasteiger partial charge in [0.2, 0.25) is 0 Å². The molecule has 0 saturated carbocycles. The first-order valence-corrected chi connectivity index (χ1v) is 3.46. The molecule has 1 heterocycles. The lowest BCUT2D eigenvalue weighted by molar-refractivity contribution is -0.147. The molecule has 6 heteroatoms. The summed E-state index contributed by atoms with van der Waals surface area (Å²) in [7, 11) is 0. The molecule has 0 spiro atoms. The molecule has 68 valence electrons. The fraction of sp³-hybridized carbons (Fsp3) is 0.286. The van der Waals surface area contributed by atoms with Gasteiger partial charge in [0.15, 0.2) is 11.8 Å². The monoisotopic (exact) mass is 181 g/mol. The highest BCUT2D eigenvalue weighted by Crippen LogP contribution is 1.96. The van der Waals surface area contributed by atoms with Gasteiger partial charge in [0.05, 0.1) is 12.9 Å². The second kappa shape index (κ2) is 3.69. The molecule has 0 aromatic carbocycles. The number of nitriles is 1. The molecular weight excluding hydrogens is 174 g/mol. The minimum Gasteiger partial charge on any atom is -0.479 e. The van der Waals surface area contributed by atoms with Crippen LogP contribution in [0.2, 0.25) is 0 Å². The topological polar surface area (TPSA) is 99.1 Å². The van der Waals surface area contributed by atoms with Crippen molar-refractivity contribution < 1.29 is 15.0 Å². The van der Waals surface area contributed by atoms with E-state index in [9.17, 15) is 4.79 Å². The van der Waals surface area contributed by atoms with Gasteiger partial charge in [-0.3, -0.25) is 0 Å². The predicted octanol–water partition coefficient (Wildman–Crippen LogP) is -0.800. The van der Waals surface area contributed by atoms with Crippen molar-refractivity contribution in [2.45, 2.75) is 12.6 Å². The fourth-order valence-electron chi connectivity index (χ4n) is 0.795. The molecule has 0 aliphatic carbocycles. The van der Waals surface area contributed by atoms with Crippen LogP contribution in [-0.2, 0) is 11.3 Å². The van der Waals surface area contributed by atoms with Gasteiger partial charge in [-0.15, -0.1) is 0 Å². The molecule has 0 radical (unpaired) electrons. The number of carboxylic acids is 1. The fourth-order valence-corrected chi connectivity index (χ4v) is 0.795. The normalized spacial score (nSPS) is 12.0. The van der Waals surface area contributed by atoms with Crippen molar-refractivity contribution in [2.24, 2.45) is 0 Å². The third-order valence-electron chi connectivity index (χ3n) is 1.42. The third kappa shape index (κ3) is 2.28. The van der Waals surface area contributed by atoms with E-state index in [1.165, 1.54) is 17.1 Å². The summed E-state index contributed by atoms with van der Waals surface area (Å²) < 4.78 is 1.34. The molecule has 0 fully saturated rings. The molecule has 0 aliphatic rings. The smallest absolute Gasteiger partial charge is 0.334 e. The summed E-state index contributed by atoms with van der Waals surface area (Å²) in [5.41, 5.74) is 0.192. The lowest BCUT2D eigenvalue weighted by Gasteiger charge is -2.04. The number of aliphatic carboxylic acids is 1. The Morgan fingerprint density at radius 2 is 2.54 bits per heavy atom. The van der Waals surface area contributed by atoms with E-state index in [0.29, 0.717) is 0 Å². The Kier molecular flexibility index (Phi) is 2.62. The van der Waals surface area contributed by atoms with Crippen LogP contribution in [-0.4, -0.2) is 31.8 Å². The second-order valence-corrected chi connectivity index (χ2v) is 2.42. The zero-order valence-corrected chi connectivity index (χ0v) is 6.58. The van der Waals surface area contributed by atoms with Crippen molar-refractivity contribution in [2.75, 3.05) is 0 Å². The van der Waals surface area contributed by atoms with Crippen molar-refractivity contribution in [3.8, 4) is 6.07 Å². The number of aliphatic hydroxyl groups is 1. The Balaban J connectivity index is 2.65.